The van der Waals surface area contributed by atoms with Gasteiger partial charge in [-0.05, 0) is 174 Å². The first-order valence-electron chi connectivity index (χ1n) is 40.2. The van der Waals surface area contributed by atoms with Gasteiger partial charge < -0.3 is 42.0 Å². The summed E-state index contributed by atoms with van der Waals surface area (Å²) in [4.78, 5) is 68.0. The van der Waals surface area contributed by atoms with Crippen molar-refractivity contribution in [3.63, 3.8) is 0 Å². The number of nitrogens with one attached hydrogen (secondary N) is 1. The van der Waals surface area contributed by atoms with Crippen LogP contribution in [0.3, 0.4) is 0 Å². The van der Waals surface area contributed by atoms with Crippen molar-refractivity contribution in [2.24, 2.45) is 21.1 Å². The molecule has 3 aromatic carbocycles. The van der Waals surface area contributed by atoms with Crippen LogP contribution in [0.5, 0.6) is 0 Å². The molecule has 3 radical (unpaired) electrons. The third-order valence-electron chi connectivity index (χ3n) is 21.7. The van der Waals surface area contributed by atoms with Gasteiger partial charge in [0.1, 0.15) is 5.78 Å². The Morgan fingerprint density at radius 3 is 0.984 bits per heavy atom. The fourth-order valence-corrected chi connectivity index (χ4v) is 19.2. The average molecular weight is 1750 g/mol. The SMILES string of the molecule is CC(=O)OOC(C)=O.CNCCOC.COCCN(C)C1CCC(c2cnc3c(c2)c(-c2cnn(C)c2)cn3S(=O)(=O)c2ccccc2)CC1.COCCN(C)C1CCC(c2cnc3c(c2)c(-c2cnn(C)c2)cn3S(=O)(=O)c2ccccc2)CC1.Cn1cc(-c2cn(S(=O)(=O)c3ccccc3)c3ncc(C4CCC(=O)CC4)cc23)cn1.[B-]OC(C)=O.[Na+]. The summed E-state index contributed by atoms with van der Waals surface area (Å²) in [6.07, 6.45) is 33.0. The normalized spacial score (nSPS) is 16.1. The van der Waals surface area contributed by atoms with Crippen LogP contribution in [-0.2, 0) is 99.0 Å². The molecule has 0 bridgehead atoms. The van der Waals surface area contributed by atoms with Crippen molar-refractivity contribution in [1.82, 2.24) is 71.3 Å². The molecule has 15 rings (SSSR count). The second-order valence-corrected chi connectivity index (χ2v) is 35.7. The van der Waals surface area contributed by atoms with E-state index in [9.17, 15) is 44.4 Å². The fraction of sp³-hybridized carbons (Fsp3) is 0.402. The Labute approximate surface area is 742 Å². The molecule has 3 aliphatic carbocycles. The van der Waals surface area contributed by atoms with E-state index in [1.165, 1.54) is 30.0 Å². The summed E-state index contributed by atoms with van der Waals surface area (Å²) < 4.78 is 109. The van der Waals surface area contributed by atoms with E-state index in [1.54, 1.807) is 158 Å². The topological polar surface area (TPSA) is 352 Å². The average Bonchev–Trinajstić information content (AvgIpc) is 1.61. The molecule has 0 atom stereocenters. The number of methoxy groups -OCH3 is 3. The molecule has 0 saturated heterocycles. The molecule has 649 valence electrons. The first kappa shape index (κ1) is 96.9. The molecule has 36 heteroatoms. The third-order valence-corrected chi connectivity index (χ3v) is 26.7. The fourth-order valence-electron chi connectivity index (χ4n) is 15.1. The Balaban J connectivity index is 0.000000188. The largest absolute Gasteiger partial charge is 1.00 e. The van der Waals surface area contributed by atoms with Crippen molar-refractivity contribution in [2.45, 2.75) is 142 Å². The quantitative estimate of drug-likeness (QED) is 0.0270. The van der Waals surface area contributed by atoms with Crippen LogP contribution in [-0.4, -0.2) is 217 Å². The van der Waals surface area contributed by atoms with Crippen molar-refractivity contribution in [2.75, 3.05) is 81.9 Å². The third kappa shape index (κ3) is 25.2. The van der Waals surface area contributed by atoms with Gasteiger partial charge in [0, 0.05) is 213 Å². The number of aromatic nitrogens is 12. The number of carbonyl (C=O) groups excluding carboxylic acids is 4. The number of rotatable bonds is 23. The number of benzene rings is 3. The number of fused-ring (bicyclic) bond motifs is 3. The maximum atomic E-state index is 13.5. The van der Waals surface area contributed by atoms with Gasteiger partial charge in [0.05, 0.1) is 53.1 Å². The Morgan fingerprint density at radius 2 is 0.740 bits per heavy atom. The van der Waals surface area contributed by atoms with Crippen molar-refractivity contribution >= 4 is 94.9 Å². The zero-order chi connectivity index (χ0) is 87.8. The van der Waals surface area contributed by atoms with Gasteiger partial charge in [-0.2, -0.15) is 15.3 Å². The van der Waals surface area contributed by atoms with Crippen LogP contribution in [0.4, 0.5) is 0 Å². The van der Waals surface area contributed by atoms with E-state index in [2.05, 4.69) is 84.1 Å². The monoisotopic (exact) mass is 1750 g/mol. The summed E-state index contributed by atoms with van der Waals surface area (Å²) in [6.45, 7) is 8.64. The molecule has 0 aliphatic heterocycles. The van der Waals surface area contributed by atoms with Crippen LogP contribution in [0.15, 0.2) is 198 Å². The zero-order valence-corrected chi connectivity index (χ0v) is 76.5. The van der Waals surface area contributed by atoms with Gasteiger partial charge in [-0.3, -0.25) is 23.6 Å². The Kier molecular flexibility index (Phi) is 36.0. The number of nitrogens with zero attached hydrogens (tertiary/aromatic N) is 14. The van der Waals surface area contributed by atoms with Crippen molar-refractivity contribution < 1.29 is 103 Å². The molecule has 3 saturated carbocycles. The standard InChI is InChI=1S/2C27H33N5O3S.C23H22N4O3S.C4H11NO.C4H6O4.C2H3BO2.Na/c2*1-30(13-14-35-3)23-11-9-20(10-12-23)21-15-25-26(22-17-29-31(2)18-22)19-32(27(25)28-16-21)36(33,34)24-7-5-4-6-8-24;1-26-14-18(13-25-26)22-15-27(31(29,30)20-5-3-2-4-6-20)23-21(22)11-17(12-24-23)16-7-9-19(28)10-8-16;1-5-3-4-6-2;1-3(5)7-8-4(2)6;1-2(4)5-3;/h2*4-8,15-20,23H,9-14H2,1-3H3;2-6,11-16H,7-10H2,1H3;5H,3-4H2,1-2H3;1-2H3;1H3;/q;;;;;-1;+1. The van der Waals surface area contributed by atoms with E-state index in [-0.39, 0.29) is 50.2 Å². The minimum absolute atomic E-state index is 0. The summed E-state index contributed by atoms with van der Waals surface area (Å²) in [5.74, 6) is -0.369. The number of carbonyl (C=O) groups is 4. The number of ketones is 1. The van der Waals surface area contributed by atoms with E-state index >= 15 is 0 Å². The molecule has 123 heavy (non-hydrogen) atoms. The van der Waals surface area contributed by atoms with Crippen LogP contribution in [0.1, 0.15) is 132 Å². The molecule has 9 heterocycles. The summed E-state index contributed by atoms with van der Waals surface area (Å²) in [5.41, 5.74) is 9.61. The van der Waals surface area contributed by atoms with Crippen LogP contribution in [0, 0.1) is 0 Å². The molecule has 0 amide bonds. The predicted molar refractivity (Wildman–Crippen MR) is 465 cm³/mol. The maximum Gasteiger partial charge on any atom is 1.00 e. The maximum absolute atomic E-state index is 13.5. The molecule has 1 N–H and O–H groups in total. The van der Waals surface area contributed by atoms with Gasteiger partial charge in [-0.25, -0.2) is 71.5 Å². The van der Waals surface area contributed by atoms with E-state index < -0.39 is 48.0 Å². The second kappa shape index (κ2) is 45.7. The molecule has 3 aliphatic rings. The summed E-state index contributed by atoms with van der Waals surface area (Å²) in [5, 5.41) is 18.2. The van der Waals surface area contributed by atoms with Gasteiger partial charge in [-0.15, -0.1) is 0 Å². The first-order chi connectivity index (χ1) is 58.5. The van der Waals surface area contributed by atoms with E-state index in [0.29, 0.717) is 59.5 Å². The number of aryl methyl sites for hydroxylation is 3. The zero-order valence-electron chi connectivity index (χ0n) is 72.0. The minimum Gasteiger partial charge on any atom is -0.793 e. The number of pyridine rings is 3. The molecule has 12 aromatic rings. The first-order valence-corrected chi connectivity index (χ1v) is 44.5. The molecule has 0 spiro atoms. The number of ether oxygens (including phenoxy) is 3. The molecular formula is C87H108BN15NaO16S3. The Morgan fingerprint density at radius 1 is 0.447 bits per heavy atom. The summed E-state index contributed by atoms with van der Waals surface area (Å²) in [6, 6.07) is 32.8. The Bertz CT molecular complexity index is 5580. The smallest absolute Gasteiger partial charge is 0.793 e. The van der Waals surface area contributed by atoms with E-state index in [1.807, 2.05) is 77.4 Å². The van der Waals surface area contributed by atoms with Gasteiger partial charge in [0.25, 0.3) is 30.1 Å². The van der Waals surface area contributed by atoms with E-state index in [4.69, 9.17) is 24.2 Å². The summed E-state index contributed by atoms with van der Waals surface area (Å²) >= 11 is 0. The van der Waals surface area contributed by atoms with Gasteiger partial charge in [0.15, 0.2) is 16.9 Å². The molecule has 0 unspecified atom stereocenters. The number of likely N-dealkylation sites (N-methyl/N-ethyl adjacent to an activating group) is 3. The van der Waals surface area contributed by atoms with E-state index in [0.717, 1.165) is 173 Å². The molecule has 9 aromatic heterocycles. The number of Topliss-reactive ketones (excluding diaryl/α,β-unsaturated/α-hetero) is 1. The van der Waals surface area contributed by atoms with Crippen molar-refractivity contribution in [3.8, 4) is 33.4 Å². The second-order valence-electron chi connectivity index (χ2n) is 30.2. The van der Waals surface area contributed by atoms with Gasteiger partial charge in [-0.1, -0.05) is 54.6 Å². The summed E-state index contributed by atoms with van der Waals surface area (Å²) in [7, 11) is 9.88. The van der Waals surface area contributed by atoms with Gasteiger partial charge >= 0.3 is 41.5 Å². The Hall–Kier alpha value is -9.89. The van der Waals surface area contributed by atoms with Crippen LogP contribution >= 0.6 is 0 Å². The molecule has 3 fully saturated rings. The van der Waals surface area contributed by atoms with Gasteiger partial charge in [0.2, 0.25) is 5.97 Å². The van der Waals surface area contributed by atoms with Crippen LogP contribution < -0.4 is 34.9 Å². The molecular weight excluding hydrogens is 1640 g/mol. The number of hydrogen-bond donors (Lipinski definition) is 1. The van der Waals surface area contributed by atoms with Crippen LogP contribution in [0.2, 0.25) is 0 Å². The van der Waals surface area contributed by atoms with Crippen molar-refractivity contribution in [1.29, 1.82) is 0 Å². The van der Waals surface area contributed by atoms with Crippen molar-refractivity contribution in [3.05, 3.63) is 200 Å². The predicted octanol–water partition coefficient (Wildman–Crippen LogP) is 8.97. The number of hydrogen-bond acceptors (Lipinski definition) is 25. The van der Waals surface area contributed by atoms with Crippen LogP contribution in [0.25, 0.3) is 66.5 Å². The minimum atomic E-state index is -3.81. The molecule has 31 nitrogen and oxygen atoms in total.